The first-order chi connectivity index (χ1) is 18.8. The number of pyridine rings is 1. The summed E-state index contributed by atoms with van der Waals surface area (Å²) in [6, 6.07) is 14.6. The molecule has 0 aliphatic rings. The SMILES string of the molecule is CC(C)[C@H](CC(=O)[C@@H](NC(=O)[C@@H](Cc1cccnc1)Oc1cc(Cl)cc(Cl)c1)c1ccccc1)C(=O)C(F)(F)F. The van der Waals surface area contributed by atoms with Crippen molar-refractivity contribution in [2.45, 2.75) is 45.0 Å². The summed E-state index contributed by atoms with van der Waals surface area (Å²) in [6.45, 7) is 2.87. The van der Waals surface area contributed by atoms with Crippen LogP contribution in [0.15, 0.2) is 73.1 Å². The highest BCUT2D eigenvalue weighted by Gasteiger charge is 2.45. The summed E-state index contributed by atoms with van der Waals surface area (Å²) in [5.74, 6) is -5.62. The summed E-state index contributed by atoms with van der Waals surface area (Å²) >= 11 is 12.2. The van der Waals surface area contributed by atoms with Gasteiger partial charge >= 0.3 is 6.18 Å². The molecule has 6 nitrogen and oxygen atoms in total. The fourth-order valence-corrected chi connectivity index (χ4v) is 4.59. The van der Waals surface area contributed by atoms with Crippen molar-refractivity contribution in [2.75, 3.05) is 0 Å². The van der Waals surface area contributed by atoms with Crippen LogP contribution in [0.2, 0.25) is 10.0 Å². The fourth-order valence-electron chi connectivity index (χ4n) is 4.09. The van der Waals surface area contributed by atoms with Crippen LogP contribution in [0.25, 0.3) is 0 Å². The van der Waals surface area contributed by atoms with E-state index in [1.165, 1.54) is 32.0 Å². The number of halogens is 5. The van der Waals surface area contributed by atoms with E-state index < -0.39 is 54.1 Å². The molecule has 0 aliphatic heterocycles. The zero-order valence-corrected chi connectivity index (χ0v) is 23.1. The molecule has 40 heavy (non-hydrogen) atoms. The third-order valence-corrected chi connectivity index (χ3v) is 6.57. The van der Waals surface area contributed by atoms with Crippen molar-refractivity contribution >= 4 is 40.7 Å². The van der Waals surface area contributed by atoms with Gasteiger partial charge in [-0.15, -0.1) is 0 Å². The van der Waals surface area contributed by atoms with Crippen LogP contribution in [0.3, 0.4) is 0 Å². The first-order valence-electron chi connectivity index (χ1n) is 12.4. The number of aromatic nitrogens is 1. The van der Waals surface area contributed by atoms with Crippen molar-refractivity contribution in [3.8, 4) is 5.75 Å². The van der Waals surface area contributed by atoms with Gasteiger partial charge in [-0.1, -0.05) is 73.4 Å². The van der Waals surface area contributed by atoms with Crippen molar-refractivity contribution in [2.24, 2.45) is 11.8 Å². The van der Waals surface area contributed by atoms with Gasteiger partial charge in [-0.2, -0.15) is 13.2 Å². The number of hydrogen-bond donors (Lipinski definition) is 1. The zero-order chi connectivity index (χ0) is 29.4. The van der Waals surface area contributed by atoms with Gasteiger partial charge in [-0.05, 0) is 41.3 Å². The quantitative estimate of drug-likeness (QED) is 0.255. The highest BCUT2D eigenvalue weighted by atomic mass is 35.5. The average molecular weight is 595 g/mol. The van der Waals surface area contributed by atoms with E-state index in [4.69, 9.17) is 27.9 Å². The van der Waals surface area contributed by atoms with E-state index in [1.54, 1.807) is 54.9 Å². The summed E-state index contributed by atoms with van der Waals surface area (Å²) in [5.41, 5.74) is 0.989. The maximum absolute atomic E-state index is 13.6. The Labute approximate surface area is 239 Å². The molecule has 0 aliphatic carbocycles. The predicted octanol–water partition coefficient (Wildman–Crippen LogP) is 6.60. The Morgan fingerprint density at radius 2 is 1.62 bits per heavy atom. The van der Waals surface area contributed by atoms with Gasteiger partial charge in [-0.3, -0.25) is 19.4 Å². The zero-order valence-electron chi connectivity index (χ0n) is 21.6. The molecule has 3 atom stereocenters. The number of Topliss-reactive ketones (excluding diaryl/α,β-unsaturated/α-hetero) is 2. The maximum Gasteiger partial charge on any atom is 0.450 e. The van der Waals surface area contributed by atoms with E-state index in [-0.39, 0.29) is 22.2 Å². The number of hydrogen-bond acceptors (Lipinski definition) is 5. The summed E-state index contributed by atoms with van der Waals surface area (Å²) in [5, 5.41) is 3.18. The molecule has 212 valence electrons. The van der Waals surface area contributed by atoms with E-state index in [1.807, 2.05) is 0 Å². The van der Waals surface area contributed by atoms with Gasteiger partial charge in [0.05, 0.1) is 0 Å². The highest BCUT2D eigenvalue weighted by molar-refractivity contribution is 6.34. The topological polar surface area (TPSA) is 85.4 Å². The molecule has 1 N–H and O–H groups in total. The van der Waals surface area contributed by atoms with E-state index in [0.29, 0.717) is 11.1 Å². The summed E-state index contributed by atoms with van der Waals surface area (Å²) in [6.07, 6.45) is -3.86. The first kappa shape index (κ1) is 31.1. The van der Waals surface area contributed by atoms with Crippen LogP contribution >= 0.6 is 23.2 Å². The van der Waals surface area contributed by atoms with Gasteiger partial charge in [0.25, 0.3) is 5.91 Å². The third-order valence-electron chi connectivity index (χ3n) is 6.13. The van der Waals surface area contributed by atoms with Crippen LogP contribution in [0, 0.1) is 11.8 Å². The molecule has 11 heteroatoms. The van der Waals surface area contributed by atoms with Gasteiger partial charge < -0.3 is 10.1 Å². The molecule has 3 aromatic rings. The van der Waals surface area contributed by atoms with Crippen molar-refractivity contribution in [3.63, 3.8) is 0 Å². The second-order valence-electron chi connectivity index (χ2n) is 9.51. The molecule has 0 bridgehead atoms. The van der Waals surface area contributed by atoms with Crippen molar-refractivity contribution < 1.29 is 32.3 Å². The lowest BCUT2D eigenvalue weighted by atomic mass is 9.84. The summed E-state index contributed by atoms with van der Waals surface area (Å²) in [7, 11) is 0. The number of ketones is 2. The largest absolute Gasteiger partial charge is 0.480 e. The van der Waals surface area contributed by atoms with E-state index in [9.17, 15) is 27.6 Å². The van der Waals surface area contributed by atoms with Crippen LogP contribution in [0.1, 0.15) is 37.4 Å². The van der Waals surface area contributed by atoms with Crippen molar-refractivity contribution in [3.05, 3.63) is 94.2 Å². The molecule has 0 spiro atoms. The van der Waals surface area contributed by atoms with Gasteiger partial charge in [0.1, 0.15) is 11.8 Å². The first-order valence-corrected chi connectivity index (χ1v) is 13.1. The molecule has 0 unspecified atom stereocenters. The number of benzene rings is 2. The number of nitrogens with one attached hydrogen (secondary N) is 1. The number of carbonyl (C=O) groups excluding carboxylic acids is 3. The van der Waals surface area contributed by atoms with Crippen molar-refractivity contribution in [1.82, 2.24) is 10.3 Å². The molecule has 1 heterocycles. The molecule has 0 saturated heterocycles. The highest BCUT2D eigenvalue weighted by Crippen LogP contribution is 2.30. The average Bonchev–Trinajstić information content (AvgIpc) is 2.89. The normalized spacial score (nSPS) is 13.8. The van der Waals surface area contributed by atoms with Crippen LogP contribution < -0.4 is 10.1 Å². The molecule has 0 fully saturated rings. The minimum absolute atomic E-state index is 0.0423. The number of alkyl halides is 3. The standard InChI is InChI=1S/C29H27Cl2F3N2O4/c1-17(2)23(27(38)29(32,33)34)15-24(37)26(19-8-4-3-5-9-19)36-28(39)25(11-18-7-6-10-35-16-18)40-22-13-20(30)12-21(31)14-22/h3-10,12-14,16-17,23,25-26H,11,15H2,1-2H3,(H,36,39)/t23-,25+,26-/m0/s1. The number of ether oxygens (including phenoxy) is 1. The monoisotopic (exact) mass is 594 g/mol. The number of nitrogens with zero attached hydrogens (tertiary/aromatic N) is 1. The van der Waals surface area contributed by atoms with Crippen LogP contribution in [0.5, 0.6) is 5.75 Å². The van der Waals surface area contributed by atoms with Gasteiger partial charge in [0, 0.05) is 41.2 Å². The number of carbonyl (C=O) groups is 3. The van der Waals surface area contributed by atoms with E-state index >= 15 is 0 Å². The van der Waals surface area contributed by atoms with Gasteiger partial charge in [0.2, 0.25) is 5.78 Å². The minimum atomic E-state index is -5.10. The number of rotatable bonds is 12. The molecular weight excluding hydrogens is 568 g/mol. The predicted molar refractivity (Wildman–Crippen MR) is 145 cm³/mol. The fraction of sp³-hybridized carbons (Fsp3) is 0.310. The molecule has 1 aromatic heterocycles. The van der Waals surface area contributed by atoms with Gasteiger partial charge in [-0.25, -0.2) is 0 Å². The Morgan fingerprint density at radius 3 is 2.17 bits per heavy atom. The molecule has 2 aromatic carbocycles. The Hall–Kier alpha value is -3.43. The molecular formula is C29H27Cl2F3N2O4. The van der Waals surface area contributed by atoms with Gasteiger partial charge in [0.15, 0.2) is 11.9 Å². The Balaban J connectivity index is 1.92. The second kappa shape index (κ2) is 13.8. The molecule has 3 rings (SSSR count). The Morgan fingerprint density at radius 1 is 0.975 bits per heavy atom. The number of amides is 1. The second-order valence-corrected chi connectivity index (χ2v) is 10.4. The lowest BCUT2D eigenvalue weighted by Gasteiger charge is -2.26. The van der Waals surface area contributed by atoms with Crippen LogP contribution in [0.4, 0.5) is 13.2 Å². The smallest absolute Gasteiger partial charge is 0.450 e. The van der Waals surface area contributed by atoms with E-state index in [2.05, 4.69) is 10.3 Å². The van der Waals surface area contributed by atoms with Crippen molar-refractivity contribution in [1.29, 1.82) is 0 Å². The molecule has 0 radical (unpaired) electrons. The van der Waals surface area contributed by atoms with Crippen LogP contribution in [-0.4, -0.2) is 34.7 Å². The molecule has 0 saturated carbocycles. The van der Waals surface area contributed by atoms with E-state index in [0.717, 1.165) is 0 Å². The maximum atomic E-state index is 13.6. The minimum Gasteiger partial charge on any atom is -0.480 e. The summed E-state index contributed by atoms with van der Waals surface area (Å²) < 4.78 is 45.7. The Kier molecular flexibility index (Phi) is 10.7. The van der Waals surface area contributed by atoms with Crippen LogP contribution in [-0.2, 0) is 20.8 Å². The lowest BCUT2D eigenvalue weighted by Crippen LogP contribution is -2.45. The Bertz CT molecular complexity index is 1300. The summed E-state index contributed by atoms with van der Waals surface area (Å²) in [4.78, 5) is 43.2. The lowest BCUT2D eigenvalue weighted by molar-refractivity contribution is -0.177. The third kappa shape index (κ3) is 8.79. The molecule has 1 amide bonds.